The molecule has 2 N–H and O–H groups in total. The van der Waals surface area contributed by atoms with Crippen LogP contribution in [0.2, 0.25) is 0 Å². The van der Waals surface area contributed by atoms with Crippen molar-refractivity contribution < 1.29 is 32.6 Å². The molecule has 3 atom stereocenters. The molecule has 130 valence electrons. The molecule has 0 heterocycles. The minimum atomic E-state index is -3.19. The van der Waals surface area contributed by atoms with Gasteiger partial charge in [0.2, 0.25) is 0 Å². The third kappa shape index (κ3) is 6.50. The van der Waals surface area contributed by atoms with Crippen LogP contribution in [0.3, 0.4) is 0 Å². The number of nitrogens with zero attached hydrogens (tertiary/aromatic N) is 1. The van der Waals surface area contributed by atoms with Crippen molar-refractivity contribution >= 4 is 12.1 Å². The molecule has 6 nitrogen and oxygen atoms in total. The van der Waals surface area contributed by atoms with Crippen molar-refractivity contribution in [2.24, 2.45) is 0 Å². The lowest BCUT2D eigenvalue weighted by molar-refractivity contribution is -0.146. The summed E-state index contributed by atoms with van der Waals surface area (Å²) in [6, 6.07) is -3.40. The van der Waals surface area contributed by atoms with Gasteiger partial charge >= 0.3 is 12.1 Å². The van der Waals surface area contributed by atoms with Gasteiger partial charge in [0.25, 0.3) is 6.43 Å². The SMILES string of the molecule is CCC(C(=O)O)N(C)C(C(F)F)C(F)NC(=O)OC(C)(C)C. The normalized spacial score (nSPS) is 16.3. The minimum absolute atomic E-state index is 0.00815. The fourth-order valence-corrected chi connectivity index (χ4v) is 1.86. The quantitative estimate of drug-likeness (QED) is 0.701. The van der Waals surface area contributed by atoms with Crippen LogP contribution in [-0.2, 0) is 9.53 Å². The second kappa shape index (κ2) is 8.21. The van der Waals surface area contributed by atoms with Crippen LogP contribution in [0.15, 0.2) is 0 Å². The third-order valence-corrected chi connectivity index (χ3v) is 2.85. The van der Waals surface area contributed by atoms with Crippen LogP contribution in [0.1, 0.15) is 34.1 Å². The van der Waals surface area contributed by atoms with Crippen molar-refractivity contribution in [1.82, 2.24) is 10.2 Å². The Morgan fingerprint density at radius 3 is 2.09 bits per heavy atom. The molecule has 3 unspecified atom stereocenters. The van der Waals surface area contributed by atoms with Gasteiger partial charge in [0.15, 0.2) is 6.30 Å². The largest absolute Gasteiger partial charge is 0.480 e. The molecule has 0 spiro atoms. The van der Waals surface area contributed by atoms with Crippen LogP contribution >= 0.6 is 0 Å². The molecular formula is C13H23F3N2O4. The predicted octanol–water partition coefficient (Wildman–Crippen LogP) is 2.24. The number of carboxylic acid groups (broad SMARTS) is 1. The number of nitrogens with one attached hydrogen (secondary N) is 1. The van der Waals surface area contributed by atoms with Gasteiger partial charge in [-0.05, 0) is 34.2 Å². The van der Waals surface area contributed by atoms with Crippen molar-refractivity contribution in [3.8, 4) is 0 Å². The number of rotatable bonds is 7. The summed E-state index contributed by atoms with van der Waals surface area (Å²) in [4.78, 5) is 23.2. The highest BCUT2D eigenvalue weighted by Crippen LogP contribution is 2.19. The molecule has 0 aliphatic heterocycles. The lowest BCUT2D eigenvalue weighted by Crippen LogP contribution is -2.56. The third-order valence-electron chi connectivity index (χ3n) is 2.85. The summed E-state index contributed by atoms with van der Waals surface area (Å²) in [6.45, 7) is 6.09. The number of alkyl carbamates (subject to hydrolysis) is 1. The number of hydrogen-bond acceptors (Lipinski definition) is 4. The molecule has 9 heteroatoms. The van der Waals surface area contributed by atoms with Crippen LogP contribution in [0, 0.1) is 0 Å². The number of halogens is 3. The lowest BCUT2D eigenvalue weighted by atomic mass is 10.1. The van der Waals surface area contributed by atoms with E-state index in [1.54, 1.807) is 5.32 Å². The van der Waals surface area contributed by atoms with Gasteiger partial charge in [0.05, 0.1) is 0 Å². The number of amides is 1. The summed E-state index contributed by atoms with van der Waals surface area (Å²) in [5.74, 6) is -1.35. The first kappa shape index (κ1) is 20.5. The Labute approximate surface area is 127 Å². The van der Waals surface area contributed by atoms with Crippen molar-refractivity contribution in [3.63, 3.8) is 0 Å². The fourth-order valence-electron chi connectivity index (χ4n) is 1.86. The van der Waals surface area contributed by atoms with Crippen molar-refractivity contribution in [3.05, 3.63) is 0 Å². The van der Waals surface area contributed by atoms with Crippen molar-refractivity contribution in [2.75, 3.05) is 7.05 Å². The van der Waals surface area contributed by atoms with Crippen molar-refractivity contribution in [2.45, 2.75) is 64.5 Å². The molecule has 0 fully saturated rings. The maximum absolute atomic E-state index is 14.0. The maximum Gasteiger partial charge on any atom is 0.409 e. The van der Waals surface area contributed by atoms with Gasteiger partial charge in [-0.25, -0.2) is 18.0 Å². The van der Waals surface area contributed by atoms with E-state index in [4.69, 9.17) is 9.84 Å². The number of carbonyl (C=O) groups is 2. The summed E-state index contributed by atoms with van der Waals surface area (Å²) in [7, 11) is 1.07. The predicted molar refractivity (Wildman–Crippen MR) is 73.5 cm³/mol. The highest BCUT2D eigenvalue weighted by atomic mass is 19.3. The number of carboxylic acids is 1. The monoisotopic (exact) mass is 328 g/mol. The zero-order valence-corrected chi connectivity index (χ0v) is 13.3. The molecule has 0 aromatic carbocycles. The summed E-state index contributed by atoms with van der Waals surface area (Å²) in [5, 5.41) is 10.6. The van der Waals surface area contributed by atoms with Gasteiger partial charge in [-0.1, -0.05) is 6.92 Å². The number of aliphatic carboxylic acids is 1. The van der Waals surface area contributed by atoms with Gasteiger partial charge < -0.3 is 9.84 Å². The van der Waals surface area contributed by atoms with Gasteiger partial charge in [-0.15, -0.1) is 0 Å². The van der Waals surface area contributed by atoms with E-state index in [1.807, 2.05) is 0 Å². The fraction of sp³-hybridized carbons (Fsp3) is 0.846. The van der Waals surface area contributed by atoms with Crippen LogP contribution in [0.25, 0.3) is 0 Å². The number of hydrogen-bond donors (Lipinski definition) is 2. The summed E-state index contributed by atoms with van der Waals surface area (Å²) < 4.78 is 45.0. The Balaban J connectivity index is 5.01. The Hall–Kier alpha value is -1.51. The zero-order chi connectivity index (χ0) is 17.7. The topological polar surface area (TPSA) is 78.9 Å². The highest BCUT2D eigenvalue weighted by molar-refractivity contribution is 5.73. The second-order valence-corrected chi connectivity index (χ2v) is 5.80. The standard InChI is InChI=1S/C13H23F3N2O4/c1-6-7(11(19)20)18(5)8(9(14)15)10(16)17-12(21)22-13(2,3)4/h7-10H,6H2,1-5H3,(H,17,21)(H,19,20). The van der Waals surface area contributed by atoms with Crippen LogP contribution in [0.5, 0.6) is 0 Å². The number of likely N-dealkylation sites (N-methyl/N-ethyl adjacent to an activating group) is 1. The summed E-state index contributed by atoms with van der Waals surface area (Å²) in [6.07, 6.45) is -6.85. The molecular weight excluding hydrogens is 305 g/mol. The molecule has 22 heavy (non-hydrogen) atoms. The molecule has 0 rings (SSSR count). The molecule has 1 amide bonds. The van der Waals surface area contributed by atoms with Gasteiger partial charge in [-0.2, -0.15) is 0 Å². The highest BCUT2D eigenvalue weighted by Gasteiger charge is 2.40. The van der Waals surface area contributed by atoms with Crippen molar-refractivity contribution in [1.29, 1.82) is 0 Å². The van der Waals surface area contributed by atoms with Crippen LogP contribution in [-0.4, -0.2) is 59.5 Å². The van der Waals surface area contributed by atoms with E-state index >= 15 is 0 Å². The Morgan fingerprint density at radius 2 is 1.77 bits per heavy atom. The first-order chi connectivity index (χ1) is 9.90. The van der Waals surface area contributed by atoms with E-state index in [2.05, 4.69) is 0 Å². The average molecular weight is 328 g/mol. The molecule has 0 radical (unpaired) electrons. The number of ether oxygens (including phenoxy) is 1. The molecule has 0 bridgehead atoms. The maximum atomic E-state index is 14.0. The van der Waals surface area contributed by atoms with E-state index < -0.39 is 42.5 Å². The Kier molecular flexibility index (Phi) is 7.65. The summed E-state index contributed by atoms with van der Waals surface area (Å²) in [5.41, 5.74) is -0.914. The van der Waals surface area contributed by atoms with Crippen LogP contribution < -0.4 is 5.32 Å². The minimum Gasteiger partial charge on any atom is -0.480 e. The van der Waals surface area contributed by atoms with E-state index in [9.17, 15) is 22.8 Å². The second-order valence-electron chi connectivity index (χ2n) is 5.80. The van der Waals surface area contributed by atoms with Gasteiger partial charge in [0.1, 0.15) is 17.7 Å². The lowest BCUT2D eigenvalue weighted by Gasteiger charge is -2.34. The Morgan fingerprint density at radius 1 is 1.27 bits per heavy atom. The van der Waals surface area contributed by atoms with Gasteiger partial charge in [0, 0.05) is 0 Å². The molecule has 0 aliphatic rings. The molecule has 0 aliphatic carbocycles. The Bertz CT molecular complexity index is 388. The molecule has 0 aromatic heterocycles. The van der Waals surface area contributed by atoms with E-state index in [0.717, 1.165) is 7.05 Å². The first-order valence-electron chi connectivity index (χ1n) is 6.77. The smallest absolute Gasteiger partial charge is 0.409 e. The van der Waals surface area contributed by atoms with E-state index in [1.165, 1.54) is 27.7 Å². The molecule has 0 aromatic rings. The molecule has 0 saturated carbocycles. The number of carbonyl (C=O) groups excluding carboxylic acids is 1. The average Bonchev–Trinajstić information content (AvgIpc) is 2.25. The van der Waals surface area contributed by atoms with E-state index in [-0.39, 0.29) is 6.42 Å². The van der Waals surface area contributed by atoms with Crippen LogP contribution in [0.4, 0.5) is 18.0 Å². The number of alkyl halides is 3. The first-order valence-corrected chi connectivity index (χ1v) is 6.77. The van der Waals surface area contributed by atoms with E-state index in [0.29, 0.717) is 4.90 Å². The zero-order valence-electron chi connectivity index (χ0n) is 13.3. The summed E-state index contributed by atoms with van der Waals surface area (Å²) >= 11 is 0. The van der Waals surface area contributed by atoms with Gasteiger partial charge in [-0.3, -0.25) is 15.0 Å². The molecule has 0 saturated heterocycles.